The highest BCUT2D eigenvalue weighted by molar-refractivity contribution is 5.85. The summed E-state index contributed by atoms with van der Waals surface area (Å²) >= 11 is 0. The van der Waals surface area contributed by atoms with Gasteiger partial charge in [-0.1, -0.05) is 0 Å². The highest BCUT2D eigenvalue weighted by atomic mass is 16.2. The molecule has 0 spiro atoms. The summed E-state index contributed by atoms with van der Waals surface area (Å²) < 4.78 is 0. The molecular weight excluding hydrogens is 182 g/mol. The molecule has 0 unspecified atom stereocenters. The zero-order valence-electron chi connectivity index (χ0n) is 8.76. The number of unbranched alkanes of at least 4 members (excludes halogenated alkanes) is 1. The van der Waals surface area contributed by atoms with Crippen LogP contribution in [0, 0.1) is 0 Å². The fourth-order valence-electron chi connectivity index (χ4n) is 1.01. The van der Waals surface area contributed by atoms with E-state index in [9.17, 15) is 14.4 Å². The van der Waals surface area contributed by atoms with E-state index in [0.29, 0.717) is 12.8 Å². The molecule has 0 aromatic heterocycles. The predicted octanol–water partition coefficient (Wildman–Crippen LogP) is 0.841. The van der Waals surface area contributed by atoms with Gasteiger partial charge in [0.2, 0.25) is 5.91 Å². The third-order valence-electron chi connectivity index (χ3n) is 1.77. The Bertz CT molecular complexity index is 223. The molecule has 0 heterocycles. The maximum Gasteiger partial charge on any atom is 0.217 e. The highest BCUT2D eigenvalue weighted by Crippen LogP contribution is 2.00. The van der Waals surface area contributed by atoms with Crippen LogP contribution in [0.25, 0.3) is 0 Å². The van der Waals surface area contributed by atoms with Crippen LogP contribution in [-0.4, -0.2) is 24.0 Å². The van der Waals surface area contributed by atoms with E-state index >= 15 is 0 Å². The van der Waals surface area contributed by atoms with Crippen LogP contribution in [0.1, 0.15) is 39.5 Å². The van der Waals surface area contributed by atoms with Gasteiger partial charge in [-0.2, -0.15) is 0 Å². The van der Waals surface area contributed by atoms with E-state index < -0.39 is 0 Å². The Morgan fingerprint density at radius 1 is 1.00 bits per heavy atom. The second-order valence-electron chi connectivity index (χ2n) is 3.36. The van der Waals surface area contributed by atoms with Crippen molar-refractivity contribution in [1.82, 2.24) is 5.32 Å². The summed E-state index contributed by atoms with van der Waals surface area (Å²) in [5.74, 6) is -0.0230. The molecule has 4 nitrogen and oxygen atoms in total. The molecule has 1 amide bonds. The first-order chi connectivity index (χ1) is 6.52. The van der Waals surface area contributed by atoms with Crippen LogP contribution in [-0.2, 0) is 14.4 Å². The molecule has 0 atom stereocenters. The van der Waals surface area contributed by atoms with Crippen molar-refractivity contribution in [2.75, 3.05) is 6.54 Å². The van der Waals surface area contributed by atoms with E-state index in [-0.39, 0.29) is 24.0 Å². The molecule has 0 fully saturated rings. The maximum absolute atomic E-state index is 11.1. The van der Waals surface area contributed by atoms with Crippen molar-refractivity contribution in [3.63, 3.8) is 0 Å². The Labute approximate surface area is 84.1 Å². The number of carbonyl (C=O) groups excluding carboxylic acids is 3. The van der Waals surface area contributed by atoms with Gasteiger partial charge in [0.1, 0.15) is 5.78 Å². The normalized spacial score (nSPS) is 9.57. The van der Waals surface area contributed by atoms with Gasteiger partial charge in [0, 0.05) is 19.8 Å². The summed E-state index contributed by atoms with van der Waals surface area (Å²) in [4.78, 5) is 32.1. The summed E-state index contributed by atoms with van der Waals surface area (Å²) in [5.41, 5.74) is 0. The number of carbonyl (C=O) groups is 3. The molecular formula is C10H17NO3. The molecule has 80 valence electrons. The lowest BCUT2D eigenvalue weighted by atomic mass is 10.1. The summed E-state index contributed by atoms with van der Waals surface area (Å²) in [7, 11) is 0. The van der Waals surface area contributed by atoms with Gasteiger partial charge in [0.15, 0.2) is 5.78 Å². The van der Waals surface area contributed by atoms with Crippen molar-refractivity contribution in [2.45, 2.75) is 39.5 Å². The average molecular weight is 199 g/mol. The van der Waals surface area contributed by atoms with Crippen molar-refractivity contribution in [1.29, 1.82) is 0 Å². The van der Waals surface area contributed by atoms with Crippen molar-refractivity contribution in [2.24, 2.45) is 0 Å². The lowest BCUT2D eigenvalue weighted by Crippen LogP contribution is -2.26. The largest absolute Gasteiger partial charge is 0.349 e. The summed E-state index contributed by atoms with van der Waals surface area (Å²) in [6.07, 6.45) is 2.44. The molecule has 0 aliphatic rings. The van der Waals surface area contributed by atoms with E-state index in [1.54, 1.807) is 6.92 Å². The van der Waals surface area contributed by atoms with Crippen LogP contribution >= 0.6 is 0 Å². The quantitative estimate of drug-likeness (QED) is 0.618. The SMILES string of the molecule is CC(=O)CCCCC(=O)CNC(C)=O. The number of nitrogens with one attached hydrogen (secondary N) is 1. The summed E-state index contributed by atoms with van der Waals surface area (Å²) in [5, 5.41) is 2.44. The van der Waals surface area contributed by atoms with Gasteiger partial charge in [-0.05, 0) is 19.8 Å². The molecule has 14 heavy (non-hydrogen) atoms. The van der Waals surface area contributed by atoms with Crippen LogP contribution in [0.3, 0.4) is 0 Å². The van der Waals surface area contributed by atoms with E-state index in [1.807, 2.05) is 0 Å². The van der Waals surface area contributed by atoms with Gasteiger partial charge >= 0.3 is 0 Å². The fraction of sp³-hybridized carbons (Fsp3) is 0.700. The van der Waals surface area contributed by atoms with E-state index in [2.05, 4.69) is 5.32 Å². The molecule has 0 aliphatic carbocycles. The number of Topliss-reactive ketones (excluding diaryl/α,β-unsaturated/α-hetero) is 2. The third kappa shape index (κ3) is 8.90. The first-order valence-electron chi connectivity index (χ1n) is 4.78. The van der Waals surface area contributed by atoms with Crippen molar-refractivity contribution >= 4 is 17.5 Å². The second kappa shape index (κ2) is 7.24. The summed E-state index contributed by atoms with van der Waals surface area (Å²) in [6.45, 7) is 3.03. The fourth-order valence-corrected chi connectivity index (χ4v) is 1.01. The van der Waals surface area contributed by atoms with Gasteiger partial charge in [0.25, 0.3) is 0 Å². The zero-order chi connectivity index (χ0) is 11.0. The van der Waals surface area contributed by atoms with Crippen LogP contribution < -0.4 is 5.32 Å². The number of amides is 1. The van der Waals surface area contributed by atoms with E-state index in [0.717, 1.165) is 12.8 Å². The third-order valence-corrected chi connectivity index (χ3v) is 1.77. The number of rotatable bonds is 7. The molecule has 0 radical (unpaired) electrons. The van der Waals surface area contributed by atoms with Gasteiger partial charge in [-0.25, -0.2) is 0 Å². The first kappa shape index (κ1) is 12.8. The van der Waals surface area contributed by atoms with E-state index in [1.165, 1.54) is 6.92 Å². The summed E-state index contributed by atoms with van der Waals surface area (Å²) in [6, 6.07) is 0. The second-order valence-corrected chi connectivity index (χ2v) is 3.36. The van der Waals surface area contributed by atoms with Gasteiger partial charge < -0.3 is 10.1 Å². The highest BCUT2D eigenvalue weighted by Gasteiger charge is 2.02. The van der Waals surface area contributed by atoms with Gasteiger partial charge in [-0.15, -0.1) is 0 Å². The minimum atomic E-state index is -0.193. The molecule has 0 aliphatic heterocycles. The monoisotopic (exact) mass is 199 g/mol. The Kier molecular flexibility index (Phi) is 6.62. The smallest absolute Gasteiger partial charge is 0.217 e. The van der Waals surface area contributed by atoms with Gasteiger partial charge in [-0.3, -0.25) is 9.59 Å². The molecule has 0 aromatic rings. The zero-order valence-corrected chi connectivity index (χ0v) is 8.76. The Balaban J connectivity index is 3.36. The lowest BCUT2D eigenvalue weighted by molar-refractivity contribution is -0.124. The molecule has 0 rings (SSSR count). The van der Waals surface area contributed by atoms with Gasteiger partial charge in [0.05, 0.1) is 6.54 Å². The number of ketones is 2. The van der Waals surface area contributed by atoms with Crippen molar-refractivity contribution in [3.8, 4) is 0 Å². The standard InChI is InChI=1S/C10H17NO3/c1-8(12)5-3-4-6-10(14)7-11-9(2)13/h3-7H2,1-2H3,(H,11,13). The minimum absolute atomic E-state index is 0.0174. The van der Waals surface area contributed by atoms with Crippen molar-refractivity contribution in [3.05, 3.63) is 0 Å². The molecule has 4 heteroatoms. The Hall–Kier alpha value is -1.19. The molecule has 0 saturated heterocycles. The number of hydrogen-bond donors (Lipinski definition) is 1. The van der Waals surface area contributed by atoms with Crippen LogP contribution in [0.4, 0.5) is 0 Å². The molecule has 0 bridgehead atoms. The maximum atomic E-state index is 11.1. The first-order valence-corrected chi connectivity index (χ1v) is 4.78. The molecule has 0 aromatic carbocycles. The van der Waals surface area contributed by atoms with Crippen LogP contribution in [0.15, 0.2) is 0 Å². The van der Waals surface area contributed by atoms with Crippen LogP contribution in [0.2, 0.25) is 0 Å². The predicted molar refractivity (Wildman–Crippen MR) is 52.8 cm³/mol. The number of hydrogen-bond acceptors (Lipinski definition) is 3. The molecule has 0 saturated carbocycles. The Morgan fingerprint density at radius 3 is 2.07 bits per heavy atom. The lowest BCUT2D eigenvalue weighted by Gasteiger charge is -2.00. The topological polar surface area (TPSA) is 63.2 Å². The average Bonchev–Trinajstić information content (AvgIpc) is 2.08. The van der Waals surface area contributed by atoms with E-state index in [4.69, 9.17) is 0 Å². The van der Waals surface area contributed by atoms with Crippen LogP contribution in [0.5, 0.6) is 0 Å². The molecule has 1 N–H and O–H groups in total. The minimum Gasteiger partial charge on any atom is -0.349 e. The Morgan fingerprint density at radius 2 is 1.57 bits per heavy atom. The van der Waals surface area contributed by atoms with Crippen molar-refractivity contribution < 1.29 is 14.4 Å².